The van der Waals surface area contributed by atoms with E-state index in [9.17, 15) is 4.39 Å². The van der Waals surface area contributed by atoms with Crippen LogP contribution in [-0.4, -0.2) is 62.2 Å². The lowest BCUT2D eigenvalue weighted by Crippen LogP contribution is -2.49. The Morgan fingerprint density at radius 2 is 1.90 bits per heavy atom. The number of hydrogen-bond acceptors (Lipinski definition) is 5. The second-order valence-electron chi connectivity index (χ2n) is 7.48. The molecule has 2 aromatic rings. The van der Waals surface area contributed by atoms with Crippen LogP contribution in [0.4, 0.5) is 10.1 Å². The molecule has 0 aliphatic carbocycles. The summed E-state index contributed by atoms with van der Waals surface area (Å²) in [6.45, 7) is 10.7. The third kappa shape index (κ3) is 6.40. The quantitative estimate of drug-likeness (QED) is 0.535. The van der Waals surface area contributed by atoms with Gasteiger partial charge in [-0.2, -0.15) is 0 Å². The summed E-state index contributed by atoms with van der Waals surface area (Å²) in [7, 11) is 1.79. The number of aliphatic imine (C=N–C) groups is 1. The number of rotatable bonds is 7. The summed E-state index contributed by atoms with van der Waals surface area (Å²) in [5.41, 5.74) is 2.24. The summed E-state index contributed by atoms with van der Waals surface area (Å²) >= 11 is 1.69. The zero-order valence-corrected chi connectivity index (χ0v) is 18.3. The topological polar surface area (TPSA) is 55.8 Å². The minimum absolute atomic E-state index is 0.185. The molecule has 0 radical (unpaired) electrons. The van der Waals surface area contributed by atoms with Gasteiger partial charge in [-0.15, -0.1) is 11.3 Å². The Kier molecular flexibility index (Phi) is 7.83. The van der Waals surface area contributed by atoms with E-state index in [1.54, 1.807) is 18.4 Å². The second-order valence-corrected chi connectivity index (χ2v) is 8.42. The van der Waals surface area contributed by atoms with E-state index < -0.39 is 0 Å². The molecule has 1 aliphatic heterocycles. The lowest BCUT2D eigenvalue weighted by atomic mass is 10.2. The molecule has 158 valence electrons. The Balaban J connectivity index is 1.35. The normalized spacial score (nSPS) is 15.8. The van der Waals surface area contributed by atoms with Crippen LogP contribution in [0.25, 0.3) is 0 Å². The number of thiazole rings is 1. The summed E-state index contributed by atoms with van der Waals surface area (Å²) in [6, 6.07) is 6.77. The molecule has 1 aromatic carbocycles. The van der Waals surface area contributed by atoms with E-state index in [-0.39, 0.29) is 5.82 Å². The van der Waals surface area contributed by atoms with Crippen LogP contribution in [0.1, 0.15) is 30.5 Å². The second kappa shape index (κ2) is 10.5. The Bertz CT molecular complexity index is 781. The number of halogens is 1. The molecule has 3 rings (SSSR count). The number of nitrogens with one attached hydrogen (secondary N) is 2. The predicted octanol–water partition coefficient (Wildman–Crippen LogP) is 2.89. The van der Waals surface area contributed by atoms with Gasteiger partial charge >= 0.3 is 0 Å². The van der Waals surface area contributed by atoms with Gasteiger partial charge in [0.2, 0.25) is 0 Å². The van der Waals surface area contributed by atoms with Crippen molar-refractivity contribution in [2.75, 3.05) is 51.2 Å². The van der Waals surface area contributed by atoms with Gasteiger partial charge in [-0.25, -0.2) is 9.37 Å². The number of aromatic nitrogens is 1. The number of guanidine groups is 1. The van der Waals surface area contributed by atoms with Crippen LogP contribution in [0.2, 0.25) is 0 Å². The highest BCUT2D eigenvalue weighted by Crippen LogP contribution is 2.18. The molecule has 0 spiro atoms. The first-order chi connectivity index (χ1) is 14.0. The molecular weight excluding hydrogens is 387 g/mol. The van der Waals surface area contributed by atoms with E-state index in [4.69, 9.17) is 0 Å². The SMILES string of the molecule is CN=C(NCCN1CCN(c2ccc(F)cc2)CC1)NCc1nc(C(C)C)cs1. The molecule has 0 saturated carbocycles. The van der Waals surface area contributed by atoms with Gasteiger partial charge in [-0.3, -0.25) is 9.89 Å². The fourth-order valence-electron chi connectivity index (χ4n) is 3.27. The van der Waals surface area contributed by atoms with Crippen molar-refractivity contribution in [1.29, 1.82) is 0 Å². The number of piperazine rings is 1. The number of hydrogen-bond donors (Lipinski definition) is 2. The molecule has 6 nitrogen and oxygen atoms in total. The van der Waals surface area contributed by atoms with Crippen molar-refractivity contribution in [3.8, 4) is 0 Å². The van der Waals surface area contributed by atoms with Crippen LogP contribution >= 0.6 is 11.3 Å². The van der Waals surface area contributed by atoms with Crippen LogP contribution in [-0.2, 0) is 6.54 Å². The number of benzene rings is 1. The first-order valence-corrected chi connectivity index (χ1v) is 11.0. The maximum absolute atomic E-state index is 13.1. The maximum Gasteiger partial charge on any atom is 0.191 e. The molecule has 1 saturated heterocycles. The van der Waals surface area contributed by atoms with Gasteiger partial charge in [-0.1, -0.05) is 13.8 Å². The summed E-state index contributed by atoms with van der Waals surface area (Å²) in [5, 5.41) is 9.93. The molecular formula is C21H31FN6S. The van der Waals surface area contributed by atoms with Crippen LogP contribution in [0, 0.1) is 5.82 Å². The first-order valence-electron chi connectivity index (χ1n) is 10.2. The van der Waals surface area contributed by atoms with Crippen molar-refractivity contribution < 1.29 is 4.39 Å². The Morgan fingerprint density at radius 3 is 2.52 bits per heavy atom. The van der Waals surface area contributed by atoms with Gasteiger partial charge < -0.3 is 15.5 Å². The number of nitrogens with zero attached hydrogens (tertiary/aromatic N) is 4. The van der Waals surface area contributed by atoms with Gasteiger partial charge in [0.25, 0.3) is 0 Å². The fourth-order valence-corrected chi connectivity index (χ4v) is 4.16. The highest BCUT2D eigenvalue weighted by Gasteiger charge is 2.17. The zero-order valence-electron chi connectivity index (χ0n) is 17.5. The molecule has 2 N–H and O–H groups in total. The molecule has 1 aromatic heterocycles. The van der Waals surface area contributed by atoms with Crippen molar-refractivity contribution in [3.63, 3.8) is 0 Å². The van der Waals surface area contributed by atoms with Crippen molar-refractivity contribution in [1.82, 2.24) is 20.5 Å². The van der Waals surface area contributed by atoms with E-state index in [0.717, 1.165) is 61.6 Å². The molecule has 0 atom stereocenters. The lowest BCUT2D eigenvalue weighted by molar-refractivity contribution is 0.261. The average molecular weight is 419 g/mol. The monoisotopic (exact) mass is 418 g/mol. The predicted molar refractivity (Wildman–Crippen MR) is 119 cm³/mol. The summed E-state index contributed by atoms with van der Waals surface area (Å²) < 4.78 is 13.1. The highest BCUT2D eigenvalue weighted by atomic mass is 32.1. The Morgan fingerprint density at radius 1 is 1.17 bits per heavy atom. The van der Waals surface area contributed by atoms with Crippen LogP contribution in [0.15, 0.2) is 34.6 Å². The van der Waals surface area contributed by atoms with Crippen LogP contribution in [0.3, 0.4) is 0 Å². The molecule has 1 fully saturated rings. The minimum Gasteiger partial charge on any atom is -0.369 e. The van der Waals surface area contributed by atoms with Crippen molar-refractivity contribution in [3.05, 3.63) is 46.2 Å². The molecule has 2 heterocycles. The molecule has 0 amide bonds. The van der Waals surface area contributed by atoms with E-state index in [0.29, 0.717) is 12.5 Å². The third-order valence-electron chi connectivity index (χ3n) is 5.08. The van der Waals surface area contributed by atoms with Gasteiger partial charge in [0.15, 0.2) is 5.96 Å². The van der Waals surface area contributed by atoms with Gasteiger partial charge in [0.05, 0.1) is 12.2 Å². The lowest BCUT2D eigenvalue weighted by Gasteiger charge is -2.36. The maximum atomic E-state index is 13.1. The van der Waals surface area contributed by atoms with Crippen molar-refractivity contribution in [2.45, 2.75) is 26.3 Å². The highest BCUT2D eigenvalue weighted by molar-refractivity contribution is 7.09. The summed E-state index contributed by atoms with van der Waals surface area (Å²) in [5.74, 6) is 1.08. The van der Waals surface area contributed by atoms with E-state index in [1.807, 2.05) is 12.1 Å². The van der Waals surface area contributed by atoms with Crippen molar-refractivity contribution >= 4 is 23.0 Å². The molecule has 8 heteroatoms. The van der Waals surface area contributed by atoms with Crippen LogP contribution in [0.5, 0.6) is 0 Å². The molecule has 1 aliphatic rings. The zero-order chi connectivity index (χ0) is 20.6. The van der Waals surface area contributed by atoms with Gasteiger partial charge in [0, 0.05) is 57.4 Å². The van der Waals surface area contributed by atoms with E-state index in [1.165, 1.54) is 12.1 Å². The third-order valence-corrected chi connectivity index (χ3v) is 5.94. The smallest absolute Gasteiger partial charge is 0.191 e. The minimum atomic E-state index is -0.185. The first kappa shape index (κ1) is 21.5. The summed E-state index contributed by atoms with van der Waals surface area (Å²) in [6.07, 6.45) is 0. The van der Waals surface area contributed by atoms with E-state index >= 15 is 0 Å². The molecule has 0 bridgehead atoms. The Labute approximate surface area is 176 Å². The number of anilines is 1. The largest absolute Gasteiger partial charge is 0.369 e. The standard InChI is InChI=1S/C21H31FN6S/c1-16(2)19-15-29-20(26-19)14-25-21(23-3)24-8-9-27-10-12-28(13-11-27)18-6-4-17(22)5-7-18/h4-7,15-16H,8-14H2,1-3H3,(H2,23,24,25). The Hall–Kier alpha value is -2.19. The van der Waals surface area contributed by atoms with Gasteiger partial charge in [-0.05, 0) is 30.2 Å². The van der Waals surface area contributed by atoms with E-state index in [2.05, 4.69) is 49.6 Å². The summed E-state index contributed by atoms with van der Waals surface area (Å²) in [4.78, 5) is 13.7. The average Bonchev–Trinajstić information content (AvgIpc) is 3.21. The fraction of sp³-hybridized carbons (Fsp3) is 0.524. The molecule has 29 heavy (non-hydrogen) atoms. The van der Waals surface area contributed by atoms with Gasteiger partial charge in [0.1, 0.15) is 10.8 Å². The molecule has 0 unspecified atom stereocenters. The van der Waals surface area contributed by atoms with Crippen molar-refractivity contribution in [2.24, 2.45) is 4.99 Å². The van der Waals surface area contributed by atoms with Crippen LogP contribution < -0.4 is 15.5 Å².